The molecule has 0 aliphatic heterocycles. The van der Waals surface area contributed by atoms with E-state index in [4.69, 9.17) is 0 Å². The fourth-order valence-corrected chi connectivity index (χ4v) is 7.26. The number of carboxylic acid groups (broad SMARTS) is 1. The highest BCUT2D eigenvalue weighted by Gasteiger charge is 2.62. The summed E-state index contributed by atoms with van der Waals surface area (Å²) < 4.78 is 0. The van der Waals surface area contributed by atoms with E-state index in [9.17, 15) is 19.8 Å². The second-order valence-electron chi connectivity index (χ2n) is 10.3. The van der Waals surface area contributed by atoms with Gasteiger partial charge < -0.3 is 10.2 Å². The number of aliphatic hydroxyl groups is 1. The van der Waals surface area contributed by atoms with E-state index in [1.54, 1.807) is 0 Å². The molecule has 2 saturated carbocycles. The van der Waals surface area contributed by atoms with Crippen LogP contribution in [-0.4, -0.2) is 27.6 Å². The van der Waals surface area contributed by atoms with Crippen molar-refractivity contribution in [3.63, 3.8) is 0 Å². The largest absolute Gasteiger partial charge is 0.481 e. The highest BCUT2D eigenvalue weighted by molar-refractivity contribution is 5.92. The van der Waals surface area contributed by atoms with Crippen LogP contribution in [0.4, 0.5) is 0 Å². The molecule has 0 saturated heterocycles. The minimum Gasteiger partial charge on any atom is -0.481 e. The number of carboxylic acids is 1. The number of aliphatic carboxylic acids is 1. The van der Waals surface area contributed by atoms with Crippen LogP contribution in [0.1, 0.15) is 71.6 Å². The average molecular weight is 399 g/mol. The van der Waals surface area contributed by atoms with E-state index in [1.807, 2.05) is 12.2 Å². The smallest absolute Gasteiger partial charge is 0.303 e. The highest BCUT2D eigenvalue weighted by Crippen LogP contribution is 2.67. The summed E-state index contributed by atoms with van der Waals surface area (Å²) in [6.45, 7) is 8.48. The van der Waals surface area contributed by atoms with Gasteiger partial charge in [-0.15, -0.1) is 6.58 Å². The van der Waals surface area contributed by atoms with Crippen molar-refractivity contribution in [3.05, 3.63) is 36.0 Å². The summed E-state index contributed by atoms with van der Waals surface area (Å²) in [5, 5.41) is 20.7. The molecule has 0 spiro atoms. The van der Waals surface area contributed by atoms with Crippen molar-refractivity contribution in [2.24, 2.45) is 28.6 Å². The number of allylic oxidation sites excluding steroid dienone is 5. The lowest BCUT2D eigenvalue weighted by molar-refractivity contribution is -0.141. The molecule has 0 bridgehead atoms. The van der Waals surface area contributed by atoms with Gasteiger partial charge in [0.05, 0.1) is 5.60 Å². The summed E-state index contributed by atoms with van der Waals surface area (Å²) in [5.41, 5.74) is 1.50. The maximum Gasteiger partial charge on any atom is 0.303 e. The molecule has 158 valence electrons. The Morgan fingerprint density at radius 1 is 1.34 bits per heavy atom. The fraction of sp³-hybridized carbons (Fsp3) is 0.680. The van der Waals surface area contributed by atoms with Crippen LogP contribution < -0.4 is 0 Å². The summed E-state index contributed by atoms with van der Waals surface area (Å²) >= 11 is 0. The second kappa shape index (κ2) is 6.94. The molecule has 2 N–H and O–H groups in total. The number of fused-ring (bicyclic) bond motifs is 5. The molecule has 4 aliphatic rings. The van der Waals surface area contributed by atoms with Gasteiger partial charge in [-0.1, -0.05) is 37.1 Å². The standard InChI is InChI=1S/C25H34O4/c1-4-5-16-14-17-15-18(26)6-10-23(17,2)19-7-11-24(3)20(22(16)19)8-12-25(24,29)13-9-21(27)28/h4,7,15-16,20,22,29H,1,5-6,8-14H2,2-3H3,(H,27,28)/t16?,20-,22+,23-,24-,25-/m0/s1. The second-order valence-corrected chi connectivity index (χ2v) is 10.3. The topological polar surface area (TPSA) is 74.6 Å². The van der Waals surface area contributed by atoms with Gasteiger partial charge in [-0.2, -0.15) is 0 Å². The van der Waals surface area contributed by atoms with Gasteiger partial charge in [0.25, 0.3) is 0 Å². The molecule has 4 nitrogen and oxygen atoms in total. The summed E-state index contributed by atoms with van der Waals surface area (Å²) in [7, 11) is 0. The first-order valence-corrected chi connectivity index (χ1v) is 11.1. The first-order chi connectivity index (χ1) is 13.6. The first kappa shape index (κ1) is 20.6. The van der Waals surface area contributed by atoms with Crippen molar-refractivity contribution < 1.29 is 19.8 Å². The number of hydrogen-bond donors (Lipinski definition) is 2. The quantitative estimate of drug-likeness (QED) is 0.650. The van der Waals surface area contributed by atoms with E-state index in [1.165, 1.54) is 11.1 Å². The van der Waals surface area contributed by atoms with Crippen LogP contribution in [0.2, 0.25) is 0 Å². The Bertz CT molecular complexity index is 808. The van der Waals surface area contributed by atoms with E-state index < -0.39 is 11.6 Å². The Morgan fingerprint density at radius 2 is 2.10 bits per heavy atom. The molecule has 2 fully saturated rings. The van der Waals surface area contributed by atoms with E-state index in [2.05, 4.69) is 26.5 Å². The van der Waals surface area contributed by atoms with E-state index in [0.717, 1.165) is 32.1 Å². The lowest BCUT2D eigenvalue weighted by Gasteiger charge is -2.57. The molecule has 6 atom stereocenters. The van der Waals surface area contributed by atoms with Crippen LogP contribution in [-0.2, 0) is 9.59 Å². The Kier molecular flexibility index (Phi) is 4.92. The van der Waals surface area contributed by atoms with Crippen molar-refractivity contribution in [1.29, 1.82) is 0 Å². The molecule has 0 heterocycles. The Labute approximate surface area is 173 Å². The van der Waals surface area contributed by atoms with E-state index in [-0.39, 0.29) is 23.0 Å². The normalized spacial score (nSPS) is 43.6. The Hall–Kier alpha value is -1.68. The van der Waals surface area contributed by atoms with Gasteiger partial charge in [-0.05, 0) is 68.8 Å². The van der Waals surface area contributed by atoms with Crippen LogP contribution in [0.25, 0.3) is 0 Å². The van der Waals surface area contributed by atoms with Gasteiger partial charge in [0.1, 0.15) is 0 Å². The predicted molar refractivity (Wildman–Crippen MR) is 112 cm³/mol. The fourth-order valence-electron chi connectivity index (χ4n) is 7.26. The Morgan fingerprint density at radius 3 is 2.79 bits per heavy atom. The molecule has 1 unspecified atom stereocenters. The number of carbonyl (C=O) groups excluding carboxylic acids is 1. The van der Waals surface area contributed by atoms with Gasteiger partial charge >= 0.3 is 5.97 Å². The summed E-state index contributed by atoms with van der Waals surface area (Å²) in [6.07, 6.45) is 12.3. The van der Waals surface area contributed by atoms with Crippen molar-refractivity contribution in [2.75, 3.05) is 0 Å². The number of ketones is 1. The number of rotatable bonds is 5. The minimum absolute atomic E-state index is 0.0167. The van der Waals surface area contributed by atoms with Gasteiger partial charge in [0, 0.05) is 23.7 Å². The summed E-state index contributed by atoms with van der Waals surface area (Å²) in [6, 6.07) is 0. The van der Waals surface area contributed by atoms with Crippen LogP contribution in [0, 0.1) is 28.6 Å². The van der Waals surface area contributed by atoms with Gasteiger partial charge in [-0.25, -0.2) is 0 Å². The molecular formula is C25H34O4. The molecular weight excluding hydrogens is 364 g/mol. The molecule has 0 aromatic heterocycles. The van der Waals surface area contributed by atoms with Crippen molar-refractivity contribution >= 4 is 11.8 Å². The third-order valence-electron chi connectivity index (χ3n) is 9.05. The van der Waals surface area contributed by atoms with Crippen LogP contribution in [0.15, 0.2) is 36.0 Å². The SMILES string of the molecule is C=CCC1CC2=CC(=O)CC[C@]2(C)C2=CC[C@@]3(C)[C@@H](CC[C@]3(O)CCC(=O)O)[C@@H]21. The highest BCUT2D eigenvalue weighted by atomic mass is 16.4. The van der Waals surface area contributed by atoms with Crippen LogP contribution in [0.5, 0.6) is 0 Å². The average Bonchev–Trinajstić information content (AvgIpc) is 2.93. The molecule has 0 aromatic rings. The first-order valence-electron chi connectivity index (χ1n) is 11.1. The summed E-state index contributed by atoms with van der Waals surface area (Å²) in [4.78, 5) is 23.3. The maximum atomic E-state index is 12.1. The predicted octanol–water partition coefficient (Wildman–Crippen LogP) is 4.84. The minimum atomic E-state index is -0.920. The molecule has 0 aromatic carbocycles. The van der Waals surface area contributed by atoms with Crippen LogP contribution in [0.3, 0.4) is 0 Å². The molecule has 0 amide bonds. The maximum absolute atomic E-state index is 12.1. The van der Waals surface area contributed by atoms with E-state index >= 15 is 0 Å². The molecule has 29 heavy (non-hydrogen) atoms. The lowest BCUT2D eigenvalue weighted by atomic mass is 9.47. The van der Waals surface area contributed by atoms with Crippen molar-refractivity contribution in [2.45, 2.75) is 77.2 Å². The number of hydrogen-bond acceptors (Lipinski definition) is 3. The molecule has 4 rings (SSSR count). The monoisotopic (exact) mass is 398 g/mol. The third kappa shape index (κ3) is 2.98. The molecule has 0 radical (unpaired) electrons. The van der Waals surface area contributed by atoms with Crippen LogP contribution >= 0.6 is 0 Å². The van der Waals surface area contributed by atoms with E-state index in [0.29, 0.717) is 37.0 Å². The van der Waals surface area contributed by atoms with Gasteiger partial charge in [-0.3, -0.25) is 9.59 Å². The van der Waals surface area contributed by atoms with Gasteiger partial charge in [0.15, 0.2) is 5.78 Å². The zero-order chi connectivity index (χ0) is 21.0. The number of carbonyl (C=O) groups is 2. The third-order valence-corrected chi connectivity index (χ3v) is 9.05. The van der Waals surface area contributed by atoms with Crippen molar-refractivity contribution in [3.8, 4) is 0 Å². The van der Waals surface area contributed by atoms with Gasteiger partial charge in [0.2, 0.25) is 0 Å². The molecule has 4 heteroatoms. The lowest BCUT2D eigenvalue weighted by Crippen LogP contribution is -2.52. The summed E-state index contributed by atoms with van der Waals surface area (Å²) in [5.74, 6) is 0.533. The zero-order valence-electron chi connectivity index (χ0n) is 17.7. The Balaban J connectivity index is 1.75. The van der Waals surface area contributed by atoms with Crippen molar-refractivity contribution in [1.82, 2.24) is 0 Å². The molecule has 4 aliphatic carbocycles. The zero-order valence-corrected chi connectivity index (χ0v) is 17.7.